The van der Waals surface area contributed by atoms with Crippen LogP contribution in [0.25, 0.3) is 0 Å². The largest absolute Gasteiger partial charge is 0.398 e. The van der Waals surface area contributed by atoms with Crippen LogP contribution in [-0.4, -0.2) is 12.2 Å². The lowest BCUT2D eigenvalue weighted by molar-refractivity contribution is 0.102. The summed E-state index contributed by atoms with van der Waals surface area (Å²) in [6.07, 6.45) is 1.96. The zero-order chi connectivity index (χ0) is 13.8. The third-order valence-corrected chi connectivity index (χ3v) is 3.75. The highest BCUT2D eigenvalue weighted by molar-refractivity contribution is 7.98. The van der Waals surface area contributed by atoms with Crippen LogP contribution < -0.4 is 11.1 Å². The summed E-state index contributed by atoms with van der Waals surface area (Å²) >= 11 is 7.41. The number of hydrogen-bond donors (Lipinski definition) is 2. The number of nitrogens with two attached hydrogens (primary N) is 1. The number of amides is 1. The Hall–Kier alpha value is -1.65. The van der Waals surface area contributed by atoms with Crippen molar-refractivity contribution in [3.8, 4) is 0 Å². The number of carbonyl (C=O) groups excluding carboxylic acids is 1. The zero-order valence-electron chi connectivity index (χ0n) is 10.3. The molecular formula is C14H13ClN2OS. The Morgan fingerprint density at radius 1 is 1.26 bits per heavy atom. The molecule has 2 aromatic carbocycles. The SMILES string of the molecule is CSc1ccccc1NC(=O)c1ccc(Cl)c(N)c1. The van der Waals surface area contributed by atoms with Gasteiger partial charge in [-0.25, -0.2) is 0 Å². The van der Waals surface area contributed by atoms with Crippen LogP contribution in [0.15, 0.2) is 47.4 Å². The second-order valence-corrected chi connectivity index (χ2v) is 5.15. The average Bonchev–Trinajstić information content (AvgIpc) is 2.42. The highest BCUT2D eigenvalue weighted by Gasteiger charge is 2.09. The van der Waals surface area contributed by atoms with E-state index < -0.39 is 0 Å². The van der Waals surface area contributed by atoms with Gasteiger partial charge in [-0.05, 0) is 36.6 Å². The van der Waals surface area contributed by atoms with Crippen molar-refractivity contribution in [1.82, 2.24) is 0 Å². The fraction of sp³-hybridized carbons (Fsp3) is 0.0714. The maximum Gasteiger partial charge on any atom is 0.255 e. The van der Waals surface area contributed by atoms with E-state index in [0.717, 1.165) is 10.6 Å². The Bertz CT molecular complexity index is 616. The predicted molar refractivity (Wildman–Crippen MR) is 82.0 cm³/mol. The predicted octanol–water partition coefficient (Wildman–Crippen LogP) is 3.90. The number of hydrogen-bond acceptors (Lipinski definition) is 3. The maximum atomic E-state index is 12.1. The summed E-state index contributed by atoms with van der Waals surface area (Å²) in [4.78, 5) is 13.1. The highest BCUT2D eigenvalue weighted by atomic mass is 35.5. The topological polar surface area (TPSA) is 55.1 Å². The van der Waals surface area contributed by atoms with Crippen LogP contribution in [-0.2, 0) is 0 Å². The molecule has 0 unspecified atom stereocenters. The van der Waals surface area contributed by atoms with Crippen LogP contribution in [0.5, 0.6) is 0 Å². The molecule has 0 radical (unpaired) electrons. The summed E-state index contributed by atoms with van der Waals surface area (Å²) in [5, 5.41) is 3.31. The molecule has 2 aromatic rings. The van der Waals surface area contributed by atoms with E-state index in [-0.39, 0.29) is 5.91 Å². The summed E-state index contributed by atoms with van der Waals surface area (Å²) in [5.74, 6) is -0.204. The minimum absolute atomic E-state index is 0.204. The van der Waals surface area contributed by atoms with E-state index in [1.165, 1.54) is 0 Å². The van der Waals surface area contributed by atoms with Gasteiger partial charge in [-0.15, -0.1) is 11.8 Å². The molecule has 0 atom stereocenters. The van der Waals surface area contributed by atoms with Crippen molar-refractivity contribution in [2.75, 3.05) is 17.3 Å². The number of nitrogens with one attached hydrogen (secondary N) is 1. The number of rotatable bonds is 3. The number of para-hydroxylation sites is 1. The van der Waals surface area contributed by atoms with Gasteiger partial charge in [-0.3, -0.25) is 4.79 Å². The molecule has 1 amide bonds. The maximum absolute atomic E-state index is 12.1. The molecule has 5 heteroatoms. The van der Waals surface area contributed by atoms with Crippen molar-refractivity contribution in [2.24, 2.45) is 0 Å². The van der Waals surface area contributed by atoms with Gasteiger partial charge in [0.25, 0.3) is 5.91 Å². The van der Waals surface area contributed by atoms with E-state index in [1.807, 2.05) is 30.5 Å². The lowest BCUT2D eigenvalue weighted by Crippen LogP contribution is -2.12. The Labute approximate surface area is 121 Å². The molecule has 0 fully saturated rings. The van der Waals surface area contributed by atoms with Crippen LogP contribution >= 0.6 is 23.4 Å². The van der Waals surface area contributed by atoms with Gasteiger partial charge in [0, 0.05) is 10.5 Å². The summed E-state index contributed by atoms with van der Waals surface area (Å²) < 4.78 is 0. The second kappa shape index (κ2) is 5.99. The Morgan fingerprint density at radius 3 is 2.68 bits per heavy atom. The molecular weight excluding hydrogens is 280 g/mol. The number of nitrogen functional groups attached to an aromatic ring is 1. The number of anilines is 2. The number of benzene rings is 2. The third-order valence-electron chi connectivity index (χ3n) is 2.61. The number of thioether (sulfide) groups is 1. The molecule has 0 heterocycles. The molecule has 0 saturated heterocycles. The smallest absolute Gasteiger partial charge is 0.255 e. The quantitative estimate of drug-likeness (QED) is 0.666. The zero-order valence-corrected chi connectivity index (χ0v) is 11.9. The van der Waals surface area contributed by atoms with Gasteiger partial charge in [-0.1, -0.05) is 23.7 Å². The van der Waals surface area contributed by atoms with Crippen LogP contribution in [0.4, 0.5) is 11.4 Å². The van der Waals surface area contributed by atoms with Crippen molar-refractivity contribution < 1.29 is 4.79 Å². The lowest BCUT2D eigenvalue weighted by Gasteiger charge is -2.09. The summed E-state index contributed by atoms with van der Waals surface area (Å²) in [5.41, 5.74) is 7.36. The summed E-state index contributed by atoms with van der Waals surface area (Å²) in [7, 11) is 0. The third kappa shape index (κ3) is 3.22. The minimum atomic E-state index is -0.204. The van der Waals surface area contributed by atoms with Crippen LogP contribution in [0.3, 0.4) is 0 Å². The fourth-order valence-electron chi connectivity index (χ4n) is 1.63. The molecule has 0 aliphatic rings. The molecule has 0 saturated carbocycles. The van der Waals surface area contributed by atoms with Gasteiger partial charge in [-0.2, -0.15) is 0 Å². The first-order chi connectivity index (χ1) is 9.11. The van der Waals surface area contributed by atoms with E-state index in [1.54, 1.807) is 30.0 Å². The van der Waals surface area contributed by atoms with Crippen molar-refractivity contribution in [3.05, 3.63) is 53.1 Å². The first-order valence-corrected chi connectivity index (χ1v) is 7.21. The number of halogens is 1. The molecule has 3 N–H and O–H groups in total. The lowest BCUT2D eigenvalue weighted by atomic mass is 10.2. The summed E-state index contributed by atoms with van der Waals surface area (Å²) in [6, 6.07) is 12.5. The van der Waals surface area contributed by atoms with E-state index >= 15 is 0 Å². The normalized spacial score (nSPS) is 10.2. The Kier molecular flexibility index (Phi) is 4.35. The highest BCUT2D eigenvalue weighted by Crippen LogP contribution is 2.26. The van der Waals surface area contributed by atoms with E-state index in [9.17, 15) is 4.79 Å². The molecule has 0 aliphatic carbocycles. The van der Waals surface area contributed by atoms with Crippen LogP contribution in [0.1, 0.15) is 10.4 Å². The molecule has 0 spiro atoms. The van der Waals surface area contributed by atoms with Crippen LogP contribution in [0, 0.1) is 0 Å². The Morgan fingerprint density at radius 2 is 2.00 bits per heavy atom. The standard InChI is InChI=1S/C14H13ClN2OS/c1-19-13-5-3-2-4-12(13)17-14(18)9-6-7-10(15)11(16)8-9/h2-8H,16H2,1H3,(H,17,18). The molecule has 0 bridgehead atoms. The summed E-state index contributed by atoms with van der Waals surface area (Å²) in [6.45, 7) is 0. The molecule has 98 valence electrons. The Balaban J connectivity index is 2.23. The molecule has 0 aromatic heterocycles. The monoisotopic (exact) mass is 292 g/mol. The first kappa shape index (κ1) is 13.8. The minimum Gasteiger partial charge on any atom is -0.398 e. The fourth-order valence-corrected chi connectivity index (χ4v) is 2.30. The van der Waals surface area contributed by atoms with E-state index in [4.69, 9.17) is 17.3 Å². The van der Waals surface area contributed by atoms with Crippen molar-refractivity contribution >= 4 is 40.6 Å². The van der Waals surface area contributed by atoms with Gasteiger partial charge < -0.3 is 11.1 Å². The van der Waals surface area contributed by atoms with Gasteiger partial charge in [0.15, 0.2) is 0 Å². The van der Waals surface area contributed by atoms with Crippen molar-refractivity contribution in [3.63, 3.8) is 0 Å². The van der Waals surface area contributed by atoms with Gasteiger partial charge in [0.1, 0.15) is 0 Å². The first-order valence-electron chi connectivity index (χ1n) is 5.61. The molecule has 19 heavy (non-hydrogen) atoms. The van der Waals surface area contributed by atoms with Crippen LogP contribution in [0.2, 0.25) is 5.02 Å². The van der Waals surface area contributed by atoms with Gasteiger partial charge in [0.2, 0.25) is 0 Å². The van der Waals surface area contributed by atoms with Gasteiger partial charge >= 0.3 is 0 Å². The van der Waals surface area contributed by atoms with E-state index in [2.05, 4.69) is 5.32 Å². The van der Waals surface area contributed by atoms with Gasteiger partial charge in [0.05, 0.1) is 16.4 Å². The van der Waals surface area contributed by atoms with Crippen molar-refractivity contribution in [1.29, 1.82) is 0 Å². The number of carbonyl (C=O) groups is 1. The average molecular weight is 293 g/mol. The van der Waals surface area contributed by atoms with Crippen molar-refractivity contribution in [2.45, 2.75) is 4.90 Å². The molecule has 2 rings (SSSR count). The molecule has 3 nitrogen and oxygen atoms in total. The van der Waals surface area contributed by atoms with E-state index in [0.29, 0.717) is 16.3 Å². The molecule has 0 aliphatic heterocycles. The second-order valence-electron chi connectivity index (χ2n) is 3.89.